The maximum Gasteiger partial charge on any atom is 0.229 e. The van der Waals surface area contributed by atoms with Crippen molar-refractivity contribution in [2.45, 2.75) is 0 Å². The zero-order valence-corrected chi connectivity index (χ0v) is 6.14. The van der Waals surface area contributed by atoms with Crippen LogP contribution in [0.3, 0.4) is 0 Å². The Morgan fingerprint density at radius 1 is 1.70 bits per heavy atom. The van der Waals surface area contributed by atoms with E-state index in [2.05, 4.69) is 14.9 Å². The van der Waals surface area contributed by atoms with E-state index in [-0.39, 0.29) is 0 Å². The van der Waals surface area contributed by atoms with Gasteiger partial charge < -0.3 is 0 Å². The summed E-state index contributed by atoms with van der Waals surface area (Å²) in [5, 5.41) is 6.03. The molecule has 0 saturated heterocycles. The summed E-state index contributed by atoms with van der Waals surface area (Å²) >= 11 is 0. The van der Waals surface area contributed by atoms with E-state index < -0.39 is 10.0 Å². The molecule has 0 aromatic carbocycles. The molecular weight excluding hydrogens is 154 g/mol. The van der Waals surface area contributed by atoms with Gasteiger partial charge in [-0.15, -0.1) is 0 Å². The summed E-state index contributed by atoms with van der Waals surface area (Å²) in [5.74, 6) is 0. The highest BCUT2D eigenvalue weighted by Crippen LogP contribution is 2.02. The van der Waals surface area contributed by atoms with Gasteiger partial charge in [0.25, 0.3) is 0 Å². The van der Waals surface area contributed by atoms with Crippen LogP contribution in [0.4, 0.5) is 5.69 Å². The van der Waals surface area contributed by atoms with Gasteiger partial charge in [0.2, 0.25) is 10.0 Å². The Hall–Kier alpha value is -1.04. The second-order valence-electron chi connectivity index (χ2n) is 1.86. The first-order chi connectivity index (χ1) is 4.58. The van der Waals surface area contributed by atoms with Crippen LogP contribution in [0.2, 0.25) is 0 Å². The van der Waals surface area contributed by atoms with Crippen LogP contribution in [-0.4, -0.2) is 24.9 Å². The quantitative estimate of drug-likeness (QED) is 0.629. The summed E-state index contributed by atoms with van der Waals surface area (Å²) in [6.45, 7) is 0. The van der Waals surface area contributed by atoms with E-state index in [4.69, 9.17) is 0 Å². The predicted molar refractivity (Wildman–Crippen MR) is 37.1 cm³/mol. The number of aromatic amines is 1. The van der Waals surface area contributed by atoms with E-state index in [0.717, 1.165) is 6.26 Å². The van der Waals surface area contributed by atoms with Gasteiger partial charge in [0.1, 0.15) is 0 Å². The molecule has 1 aromatic rings. The van der Waals surface area contributed by atoms with Crippen LogP contribution in [0.25, 0.3) is 0 Å². The fourth-order valence-electron chi connectivity index (χ4n) is 0.521. The monoisotopic (exact) mass is 161 g/mol. The maximum absolute atomic E-state index is 10.5. The van der Waals surface area contributed by atoms with E-state index in [1.807, 2.05) is 0 Å². The van der Waals surface area contributed by atoms with Crippen LogP contribution in [-0.2, 0) is 10.0 Å². The highest BCUT2D eigenvalue weighted by Gasteiger charge is 2.00. The van der Waals surface area contributed by atoms with Crippen molar-refractivity contribution in [1.82, 2.24) is 10.2 Å². The molecule has 1 heterocycles. The normalized spacial score (nSPS) is 11.3. The number of anilines is 1. The molecule has 0 aliphatic rings. The Morgan fingerprint density at radius 2 is 2.40 bits per heavy atom. The zero-order chi connectivity index (χ0) is 7.61. The largest absolute Gasteiger partial charge is 0.284 e. The van der Waals surface area contributed by atoms with Crippen LogP contribution >= 0.6 is 0 Å². The first kappa shape index (κ1) is 7.07. The van der Waals surface area contributed by atoms with E-state index in [9.17, 15) is 8.42 Å². The minimum Gasteiger partial charge on any atom is -0.284 e. The molecule has 0 aliphatic carbocycles. The molecule has 0 bridgehead atoms. The van der Waals surface area contributed by atoms with Crippen LogP contribution < -0.4 is 4.72 Å². The Bertz CT molecular complexity index is 288. The second kappa shape index (κ2) is 2.30. The van der Waals surface area contributed by atoms with E-state index in [1.165, 1.54) is 12.4 Å². The van der Waals surface area contributed by atoms with Gasteiger partial charge in [0.05, 0.1) is 18.1 Å². The summed E-state index contributed by atoms with van der Waals surface area (Å²) in [4.78, 5) is 0. The van der Waals surface area contributed by atoms with Gasteiger partial charge in [-0.05, 0) is 0 Å². The van der Waals surface area contributed by atoms with Crippen LogP contribution in [0.15, 0.2) is 12.4 Å². The van der Waals surface area contributed by atoms with Gasteiger partial charge in [0, 0.05) is 6.20 Å². The lowest BCUT2D eigenvalue weighted by Crippen LogP contribution is -2.08. The second-order valence-corrected chi connectivity index (χ2v) is 3.61. The fraction of sp³-hybridized carbons (Fsp3) is 0.250. The number of sulfonamides is 1. The third-order valence-corrected chi connectivity index (χ3v) is 1.41. The molecule has 0 spiro atoms. The van der Waals surface area contributed by atoms with Gasteiger partial charge in [-0.25, -0.2) is 8.42 Å². The van der Waals surface area contributed by atoms with Crippen LogP contribution in [0, 0.1) is 0 Å². The summed E-state index contributed by atoms with van der Waals surface area (Å²) in [5.41, 5.74) is 0.447. The van der Waals surface area contributed by atoms with Crippen LogP contribution in [0.1, 0.15) is 0 Å². The highest BCUT2D eigenvalue weighted by atomic mass is 32.2. The molecule has 0 unspecified atom stereocenters. The summed E-state index contributed by atoms with van der Waals surface area (Å²) in [6.07, 6.45) is 3.93. The number of rotatable bonds is 2. The van der Waals surface area contributed by atoms with Gasteiger partial charge in [0.15, 0.2) is 0 Å². The number of nitrogens with one attached hydrogen (secondary N) is 2. The molecule has 0 saturated carbocycles. The maximum atomic E-state index is 10.5. The molecule has 5 nitrogen and oxygen atoms in total. The molecule has 10 heavy (non-hydrogen) atoms. The molecule has 1 rings (SSSR count). The summed E-state index contributed by atoms with van der Waals surface area (Å²) < 4.78 is 23.3. The first-order valence-electron chi connectivity index (χ1n) is 2.54. The lowest BCUT2D eigenvalue weighted by Gasteiger charge is -1.95. The summed E-state index contributed by atoms with van der Waals surface area (Å²) in [6, 6.07) is 0. The number of nitrogens with zero attached hydrogens (tertiary/aromatic N) is 1. The SMILES string of the molecule is CS(=O)(=O)Nc1cn[nH]c1. The molecule has 0 atom stereocenters. The number of H-pyrrole nitrogens is 1. The minimum absolute atomic E-state index is 0.447. The molecule has 0 radical (unpaired) electrons. The Labute approximate surface area is 58.5 Å². The summed E-state index contributed by atoms with van der Waals surface area (Å²) in [7, 11) is -3.16. The van der Waals surface area contributed by atoms with Crippen molar-refractivity contribution in [3.63, 3.8) is 0 Å². The molecule has 0 fully saturated rings. The Kier molecular flexibility index (Phi) is 1.62. The zero-order valence-electron chi connectivity index (χ0n) is 5.33. The van der Waals surface area contributed by atoms with Crippen molar-refractivity contribution in [2.24, 2.45) is 0 Å². The third-order valence-electron chi connectivity index (χ3n) is 0.801. The van der Waals surface area contributed by atoms with E-state index in [0.29, 0.717) is 5.69 Å². The van der Waals surface area contributed by atoms with Crippen molar-refractivity contribution in [1.29, 1.82) is 0 Å². The average Bonchev–Trinajstić information content (AvgIpc) is 2.12. The minimum atomic E-state index is -3.16. The van der Waals surface area contributed by atoms with Gasteiger partial charge in [-0.1, -0.05) is 0 Å². The standard InChI is InChI=1S/C4H7N3O2S/c1-10(8,9)7-4-2-5-6-3-4/h2-3,7H,1H3,(H,5,6). The lowest BCUT2D eigenvalue weighted by molar-refractivity contribution is 0.607. The fourth-order valence-corrected chi connectivity index (χ4v) is 1.06. The van der Waals surface area contributed by atoms with Crippen molar-refractivity contribution < 1.29 is 8.42 Å². The molecule has 0 amide bonds. The van der Waals surface area contributed by atoms with Gasteiger partial charge >= 0.3 is 0 Å². The Morgan fingerprint density at radius 3 is 2.80 bits per heavy atom. The van der Waals surface area contributed by atoms with Crippen molar-refractivity contribution in [3.8, 4) is 0 Å². The molecule has 1 aromatic heterocycles. The van der Waals surface area contributed by atoms with Gasteiger partial charge in [-0.2, -0.15) is 5.10 Å². The van der Waals surface area contributed by atoms with Crippen LogP contribution in [0.5, 0.6) is 0 Å². The molecule has 0 aliphatic heterocycles. The number of aromatic nitrogens is 2. The van der Waals surface area contributed by atoms with Crippen molar-refractivity contribution in [2.75, 3.05) is 11.0 Å². The third kappa shape index (κ3) is 2.06. The molecule has 6 heteroatoms. The predicted octanol–water partition coefficient (Wildman–Crippen LogP) is -0.219. The van der Waals surface area contributed by atoms with Crippen molar-refractivity contribution in [3.05, 3.63) is 12.4 Å². The average molecular weight is 161 g/mol. The molecular formula is C4H7N3O2S. The number of hydrogen-bond donors (Lipinski definition) is 2. The Balaban J connectivity index is 2.75. The van der Waals surface area contributed by atoms with E-state index >= 15 is 0 Å². The smallest absolute Gasteiger partial charge is 0.229 e. The van der Waals surface area contributed by atoms with Gasteiger partial charge in [-0.3, -0.25) is 9.82 Å². The van der Waals surface area contributed by atoms with Crippen molar-refractivity contribution >= 4 is 15.7 Å². The molecule has 56 valence electrons. The molecule has 2 N–H and O–H groups in total. The topological polar surface area (TPSA) is 74.8 Å². The van der Waals surface area contributed by atoms with E-state index in [1.54, 1.807) is 0 Å². The first-order valence-corrected chi connectivity index (χ1v) is 4.43. The number of hydrogen-bond acceptors (Lipinski definition) is 3. The highest BCUT2D eigenvalue weighted by molar-refractivity contribution is 7.92. The lowest BCUT2D eigenvalue weighted by atomic mass is 10.6.